The summed E-state index contributed by atoms with van der Waals surface area (Å²) in [6.07, 6.45) is 2.52. The van der Waals surface area contributed by atoms with Gasteiger partial charge in [-0.05, 0) is 35.9 Å². The molecule has 1 amide bonds. The molecule has 6 nitrogen and oxygen atoms in total. The molecule has 0 heterocycles. The molecule has 0 saturated carbocycles. The van der Waals surface area contributed by atoms with Gasteiger partial charge in [-0.2, -0.15) is 5.26 Å². The molecule has 0 fully saturated rings. The van der Waals surface area contributed by atoms with E-state index >= 15 is 0 Å². The molecule has 24 heavy (non-hydrogen) atoms. The predicted octanol–water partition coefficient (Wildman–Crippen LogP) is 2.09. The second-order valence-corrected chi connectivity index (χ2v) is 6.40. The fraction of sp³-hybridized carbons (Fsp3) is 0.0588. The van der Waals surface area contributed by atoms with E-state index in [1.54, 1.807) is 30.3 Å². The van der Waals surface area contributed by atoms with Crippen molar-refractivity contribution in [1.29, 1.82) is 5.26 Å². The highest BCUT2D eigenvalue weighted by Gasteiger charge is 2.16. The van der Waals surface area contributed by atoms with Gasteiger partial charge in [-0.15, -0.1) is 0 Å². The van der Waals surface area contributed by atoms with E-state index in [-0.39, 0.29) is 4.90 Å². The summed E-state index contributed by atoms with van der Waals surface area (Å²) in [5, 5.41) is 8.82. The van der Waals surface area contributed by atoms with Gasteiger partial charge in [0.15, 0.2) is 0 Å². The van der Waals surface area contributed by atoms with Gasteiger partial charge in [-0.3, -0.25) is 4.79 Å². The molecule has 2 aromatic rings. The van der Waals surface area contributed by atoms with E-state index < -0.39 is 15.9 Å². The predicted molar refractivity (Wildman–Crippen MR) is 88.5 cm³/mol. The standard InChI is InChI=1S/C17H14N2O4S/c1-23-15-6-3-7-16(11-15)24(21,22)19-17(20)9-8-13-4-2-5-14(10-13)12-18/h2-11H,1H3,(H,19,20)/b9-8-. The van der Waals surface area contributed by atoms with Crippen molar-refractivity contribution in [2.24, 2.45) is 0 Å². The highest BCUT2D eigenvalue weighted by atomic mass is 32.2. The first-order valence-corrected chi connectivity index (χ1v) is 8.32. The van der Waals surface area contributed by atoms with Gasteiger partial charge in [0.2, 0.25) is 0 Å². The van der Waals surface area contributed by atoms with Gasteiger partial charge in [-0.25, -0.2) is 13.1 Å². The van der Waals surface area contributed by atoms with Crippen LogP contribution in [0.15, 0.2) is 59.5 Å². The molecule has 0 saturated heterocycles. The summed E-state index contributed by atoms with van der Waals surface area (Å²) < 4.78 is 31.2. The summed E-state index contributed by atoms with van der Waals surface area (Å²) in [6.45, 7) is 0. The number of ether oxygens (including phenoxy) is 1. The fourth-order valence-electron chi connectivity index (χ4n) is 1.88. The molecule has 1 N–H and O–H groups in total. The number of benzene rings is 2. The molecule has 0 atom stereocenters. The molecule has 0 bridgehead atoms. The summed E-state index contributed by atoms with van der Waals surface area (Å²) in [6, 6.07) is 14.4. The highest BCUT2D eigenvalue weighted by Crippen LogP contribution is 2.16. The second kappa shape index (κ2) is 7.44. The first kappa shape index (κ1) is 17.2. The van der Waals surface area contributed by atoms with E-state index in [2.05, 4.69) is 0 Å². The van der Waals surface area contributed by atoms with Crippen molar-refractivity contribution in [3.8, 4) is 11.8 Å². The molecule has 0 aliphatic carbocycles. The number of nitrogens with one attached hydrogen (secondary N) is 1. The number of carbonyl (C=O) groups excluding carboxylic acids is 1. The lowest BCUT2D eigenvalue weighted by molar-refractivity contribution is -0.114. The Kier molecular flexibility index (Phi) is 5.35. The minimum absolute atomic E-state index is 0.0740. The maximum atomic E-state index is 12.2. The quantitative estimate of drug-likeness (QED) is 0.839. The molecule has 2 aromatic carbocycles. The van der Waals surface area contributed by atoms with E-state index in [4.69, 9.17) is 10.00 Å². The summed E-state index contributed by atoms with van der Waals surface area (Å²) in [4.78, 5) is 11.8. The normalized spacial score (nSPS) is 11.0. The molecular weight excluding hydrogens is 328 g/mol. The Morgan fingerprint density at radius 3 is 2.67 bits per heavy atom. The lowest BCUT2D eigenvalue weighted by Gasteiger charge is -2.06. The molecule has 0 aromatic heterocycles. The van der Waals surface area contributed by atoms with Crippen LogP contribution >= 0.6 is 0 Å². The largest absolute Gasteiger partial charge is 0.497 e. The summed E-state index contributed by atoms with van der Waals surface area (Å²) >= 11 is 0. The third-order valence-electron chi connectivity index (χ3n) is 3.03. The zero-order chi connectivity index (χ0) is 17.6. The van der Waals surface area contributed by atoms with E-state index in [1.807, 2.05) is 10.8 Å². The van der Waals surface area contributed by atoms with Crippen LogP contribution in [0.4, 0.5) is 0 Å². The molecule has 122 valence electrons. The van der Waals surface area contributed by atoms with Crippen molar-refractivity contribution in [3.05, 3.63) is 65.7 Å². The van der Waals surface area contributed by atoms with Gasteiger partial charge in [0.1, 0.15) is 5.75 Å². The van der Waals surface area contributed by atoms with Crippen molar-refractivity contribution >= 4 is 22.0 Å². The van der Waals surface area contributed by atoms with E-state index in [9.17, 15) is 13.2 Å². The molecule has 0 unspecified atom stereocenters. The van der Waals surface area contributed by atoms with Gasteiger partial charge >= 0.3 is 0 Å². The summed E-state index contributed by atoms with van der Waals surface area (Å²) in [5.74, 6) is -0.422. The van der Waals surface area contributed by atoms with Crippen LogP contribution < -0.4 is 9.46 Å². The van der Waals surface area contributed by atoms with Gasteiger partial charge < -0.3 is 4.74 Å². The zero-order valence-electron chi connectivity index (χ0n) is 12.8. The summed E-state index contributed by atoms with van der Waals surface area (Å²) in [5.41, 5.74) is 1.06. The molecule has 0 radical (unpaired) electrons. The Balaban J connectivity index is 2.13. The molecule has 7 heteroatoms. The topological polar surface area (TPSA) is 96.3 Å². The summed E-state index contributed by atoms with van der Waals surface area (Å²) in [7, 11) is -2.57. The Labute approximate surface area is 140 Å². The van der Waals surface area contributed by atoms with Gasteiger partial charge in [0, 0.05) is 12.1 Å². The minimum Gasteiger partial charge on any atom is -0.497 e. The van der Waals surface area contributed by atoms with Crippen LogP contribution in [0.2, 0.25) is 0 Å². The Morgan fingerprint density at radius 2 is 1.96 bits per heavy atom. The number of hydrogen-bond donors (Lipinski definition) is 1. The number of carbonyl (C=O) groups is 1. The average molecular weight is 342 g/mol. The number of amides is 1. The van der Waals surface area contributed by atoms with Crippen molar-refractivity contribution in [2.45, 2.75) is 4.90 Å². The number of nitriles is 1. The van der Waals surface area contributed by atoms with Crippen molar-refractivity contribution < 1.29 is 17.9 Å². The first-order chi connectivity index (χ1) is 11.4. The van der Waals surface area contributed by atoms with Crippen molar-refractivity contribution in [3.63, 3.8) is 0 Å². The van der Waals surface area contributed by atoms with Gasteiger partial charge in [0.05, 0.1) is 23.6 Å². The third kappa shape index (κ3) is 4.44. The van der Waals surface area contributed by atoms with Crippen LogP contribution in [0, 0.1) is 11.3 Å². The van der Waals surface area contributed by atoms with E-state index in [0.29, 0.717) is 16.9 Å². The molecule has 0 spiro atoms. The van der Waals surface area contributed by atoms with Crippen LogP contribution in [0.3, 0.4) is 0 Å². The SMILES string of the molecule is COc1cccc(S(=O)(=O)NC(=O)/C=C\c2cccc(C#N)c2)c1. The maximum absolute atomic E-state index is 12.2. The van der Waals surface area contributed by atoms with Crippen molar-refractivity contribution in [2.75, 3.05) is 7.11 Å². The maximum Gasteiger partial charge on any atom is 0.264 e. The number of sulfonamides is 1. The lowest BCUT2D eigenvalue weighted by atomic mass is 10.1. The smallest absolute Gasteiger partial charge is 0.264 e. The minimum atomic E-state index is -3.99. The third-order valence-corrected chi connectivity index (χ3v) is 4.37. The Bertz CT molecular complexity index is 928. The molecule has 0 aliphatic rings. The second-order valence-electron chi connectivity index (χ2n) is 4.72. The van der Waals surface area contributed by atoms with Crippen LogP contribution in [-0.4, -0.2) is 21.4 Å². The van der Waals surface area contributed by atoms with Gasteiger partial charge in [0.25, 0.3) is 15.9 Å². The highest BCUT2D eigenvalue weighted by molar-refractivity contribution is 7.90. The first-order valence-electron chi connectivity index (χ1n) is 6.84. The molecule has 2 rings (SSSR count). The molecule has 0 aliphatic heterocycles. The Morgan fingerprint density at radius 1 is 1.21 bits per heavy atom. The van der Waals surface area contributed by atoms with Crippen LogP contribution in [0.5, 0.6) is 5.75 Å². The lowest BCUT2D eigenvalue weighted by Crippen LogP contribution is -2.28. The van der Waals surface area contributed by atoms with Crippen molar-refractivity contribution in [1.82, 2.24) is 4.72 Å². The number of hydrogen-bond acceptors (Lipinski definition) is 5. The average Bonchev–Trinajstić information content (AvgIpc) is 2.60. The van der Waals surface area contributed by atoms with Crippen LogP contribution in [-0.2, 0) is 14.8 Å². The number of nitrogens with zero attached hydrogens (tertiary/aromatic N) is 1. The van der Waals surface area contributed by atoms with E-state index in [0.717, 1.165) is 6.08 Å². The van der Waals surface area contributed by atoms with E-state index in [1.165, 1.54) is 31.4 Å². The Hall–Kier alpha value is -3.11. The number of methoxy groups -OCH3 is 1. The number of rotatable bonds is 5. The fourth-order valence-corrected chi connectivity index (χ4v) is 2.86. The monoisotopic (exact) mass is 342 g/mol. The molecular formula is C17H14N2O4S. The van der Waals surface area contributed by atoms with Crippen LogP contribution in [0.25, 0.3) is 6.08 Å². The van der Waals surface area contributed by atoms with Crippen LogP contribution in [0.1, 0.15) is 11.1 Å². The zero-order valence-corrected chi connectivity index (χ0v) is 13.6. The van der Waals surface area contributed by atoms with Gasteiger partial charge in [-0.1, -0.05) is 18.2 Å².